The van der Waals surface area contributed by atoms with E-state index >= 15 is 0 Å². The number of hydrogen-bond donors (Lipinski definition) is 0. The van der Waals surface area contributed by atoms with Crippen LogP contribution in [0.25, 0.3) is 16.7 Å². The Balaban J connectivity index is 1.79. The third-order valence-corrected chi connectivity index (χ3v) is 5.01. The first-order valence-corrected chi connectivity index (χ1v) is 8.85. The molecule has 3 aromatic carbocycles. The van der Waals surface area contributed by atoms with Gasteiger partial charge in [0.15, 0.2) is 11.0 Å². The second-order valence-corrected chi connectivity index (χ2v) is 6.54. The van der Waals surface area contributed by atoms with E-state index < -0.39 is 0 Å². The molecule has 0 aliphatic heterocycles. The zero-order valence-corrected chi connectivity index (χ0v) is 14.8. The number of fused-ring (bicyclic) bond motifs is 1. The summed E-state index contributed by atoms with van der Waals surface area (Å²) in [5.41, 5.74) is 6.55. The molecule has 4 rings (SSSR count). The van der Waals surface area contributed by atoms with Crippen LogP contribution < -0.4 is 4.57 Å². The van der Waals surface area contributed by atoms with E-state index in [1.807, 2.05) is 0 Å². The van der Waals surface area contributed by atoms with E-state index in [0.717, 1.165) is 13.0 Å². The molecule has 2 nitrogen and oxygen atoms in total. The summed E-state index contributed by atoms with van der Waals surface area (Å²) in [7, 11) is 0. The molecule has 0 fully saturated rings. The van der Waals surface area contributed by atoms with Gasteiger partial charge in [-0.15, -0.1) is 0 Å². The molecule has 0 atom stereocenters. The molecular weight excluding hydrogens is 304 g/mol. The SMILES string of the molecule is Cc1ccccc1CC[n+]1c(C)n(-c2ccccc2)c2ccccc21. The Morgan fingerprint density at radius 2 is 1.44 bits per heavy atom. The monoisotopic (exact) mass is 327 g/mol. The lowest BCUT2D eigenvalue weighted by molar-refractivity contribution is -0.677. The Morgan fingerprint density at radius 1 is 0.760 bits per heavy atom. The van der Waals surface area contributed by atoms with Crippen LogP contribution in [0, 0.1) is 13.8 Å². The van der Waals surface area contributed by atoms with Crippen LogP contribution in [0.2, 0.25) is 0 Å². The molecule has 25 heavy (non-hydrogen) atoms. The summed E-state index contributed by atoms with van der Waals surface area (Å²) in [6, 6.07) is 28.0. The van der Waals surface area contributed by atoms with Gasteiger partial charge < -0.3 is 0 Å². The molecule has 0 radical (unpaired) electrons. The Kier molecular flexibility index (Phi) is 4.10. The standard InChI is InChI=1S/C23H23N2/c1-18-10-6-7-11-20(18)16-17-24-19(2)25(21-12-4-3-5-13-21)23-15-9-8-14-22(23)24/h3-15H,16-17H2,1-2H3/q+1. The first kappa shape index (κ1) is 15.6. The van der Waals surface area contributed by atoms with Gasteiger partial charge in [0.2, 0.25) is 0 Å². The number of benzene rings is 3. The number of para-hydroxylation sites is 3. The quantitative estimate of drug-likeness (QED) is 0.477. The Hall–Kier alpha value is -2.87. The van der Waals surface area contributed by atoms with Crippen LogP contribution in [0.3, 0.4) is 0 Å². The molecule has 124 valence electrons. The van der Waals surface area contributed by atoms with E-state index in [2.05, 4.69) is 102 Å². The highest BCUT2D eigenvalue weighted by Gasteiger charge is 2.22. The molecule has 0 amide bonds. The lowest BCUT2D eigenvalue weighted by atomic mass is 10.1. The number of aryl methyl sites for hydroxylation is 3. The predicted molar refractivity (Wildman–Crippen MR) is 103 cm³/mol. The second-order valence-electron chi connectivity index (χ2n) is 6.54. The maximum absolute atomic E-state index is 2.44. The van der Waals surface area contributed by atoms with Gasteiger partial charge in [-0.05, 0) is 42.3 Å². The van der Waals surface area contributed by atoms with Crippen molar-refractivity contribution in [1.29, 1.82) is 0 Å². The van der Waals surface area contributed by atoms with Crippen LogP contribution in [-0.2, 0) is 13.0 Å². The first-order valence-electron chi connectivity index (χ1n) is 8.85. The highest BCUT2D eigenvalue weighted by atomic mass is 15.2. The molecule has 0 aliphatic carbocycles. The van der Waals surface area contributed by atoms with Crippen molar-refractivity contribution in [1.82, 2.24) is 4.57 Å². The third-order valence-electron chi connectivity index (χ3n) is 5.01. The van der Waals surface area contributed by atoms with Gasteiger partial charge in [-0.25, -0.2) is 4.57 Å². The molecule has 0 bridgehead atoms. The van der Waals surface area contributed by atoms with Crippen LogP contribution in [0.1, 0.15) is 17.0 Å². The maximum atomic E-state index is 2.44. The zero-order valence-electron chi connectivity index (χ0n) is 14.8. The van der Waals surface area contributed by atoms with E-state index in [-0.39, 0.29) is 0 Å². The lowest BCUT2D eigenvalue weighted by Gasteiger charge is -2.05. The fourth-order valence-electron chi connectivity index (χ4n) is 3.66. The second kappa shape index (κ2) is 6.56. The van der Waals surface area contributed by atoms with E-state index in [4.69, 9.17) is 0 Å². The summed E-state index contributed by atoms with van der Waals surface area (Å²) in [5.74, 6) is 1.26. The minimum atomic E-state index is 0.983. The average Bonchev–Trinajstić information content (AvgIpc) is 2.93. The van der Waals surface area contributed by atoms with Gasteiger partial charge in [0, 0.05) is 13.3 Å². The van der Waals surface area contributed by atoms with Crippen LogP contribution in [-0.4, -0.2) is 4.57 Å². The van der Waals surface area contributed by atoms with Crippen molar-refractivity contribution in [3.63, 3.8) is 0 Å². The van der Waals surface area contributed by atoms with Crippen molar-refractivity contribution in [2.45, 2.75) is 26.8 Å². The van der Waals surface area contributed by atoms with E-state index in [0.29, 0.717) is 0 Å². The Labute approximate surface area is 149 Å². The summed E-state index contributed by atoms with van der Waals surface area (Å²) >= 11 is 0. The van der Waals surface area contributed by atoms with Gasteiger partial charge in [-0.1, -0.05) is 54.6 Å². The fraction of sp³-hybridized carbons (Fsp3) is 0.174. The summed E-state index contributed by atoms with van der Waals surface area (Å²) < 4.78 is 4.79. The minimum absolute atomic E-state index is 0.983. The summed E-state index contributed by atoms with van der Waals surface area (Å²) in [5, 5.41) is 0. The summed E-state index contributed by atoms with van der Waals surface area (Å²) in [6.45, 7) is 5.39. The molecule has 2 heteroatoms. The molecular formula is C23H23N2+. The largest absolute Gasteiger partial charge is 0.259 e. The van der Waals surface area contributed by atoms with E-state index in [1.165, 1.54) is 33.7 Å². The number of rotatable bonds is 4. The van der Waals surface area contributed by atoms with Crippen molar-refractivity contribution >= 4 is 11.0 Å². The first-order chi connectivity index (χ1) is 12.3. The lowest BCUT2D eigenvalue weighted by Crippen LogP contribution is -2.37. The predicted octanol–water partition coefficient (Wildman–Crippen LogP) is 4.78. The molecule has 0 saturated carbocycles. The van der Waals surface area contributed by atoms with E-state index in [9.17, 15) is 0 Å². The number of nitrogens with zero attached hydrogens (tertiary/aromatic N) is 2. The van der Waals surface area contributed by atoms with Crippen LogP contribution in [0.15, 0.2) is 78.9 Å². The van der Waals surface area contributed by atoms with Gasteiger partial charge in [0.25, 0.3) is 5.82 Å². The topological polar surface area (TPSA) is 8.81 Å². The van der Waals surface area contributed by atoms with Gasteiger partial charge >= 0.3 is 0 Å². The molecule has 1 aromatic heterocycles. The highest BCUT2D eigenvalue weighted by Crippen LogP contribution is 2.20. The van der Waals surface area contributed by atoms with Gasteiger partial charge in [0.05, 0.1) is 6.54 Å². The van der Waals surface area contributed by atoms with Gasteiger partial charge in [-0.3, -0.25) is 0 Å². The molecule has 0 N–H and O–H groups in total. The molecule has 0 saturated heterocycles. The third kappa shape index (κ3) is 2.85. The van der Waals surface area contributed by atoms with Crippen molar-refractivity contribution in [2.24, 2.45) is 0 Å². The maximum Gasteiger partial charge on any atom is 0.259 e. The average molecular weight is 327 g/mol. The van der Waals surface area contributed by atoms with E-state index in [1.54, 1.807) is 0 Å². The fourth-order valence-corrected chi connectivity index (χ4v) is 3.66. The molecule has 4 aromatic rings. The van der Waals surface area contributed by atoms with Crippen molar-refractivity contribution in [3.05, 3.63) is 95.8 Å². The molecule has 1 heterocycles. The summed E-state index contributed by atoms with van der Waals surface area (Å²) in [4.78, 5) is 0. The van der Waals surface area contributed by atoms with Gasteiger partial charge in [0.1, 0.15) is 5.69 Å². The smallest absolute Gasteiger partial charge is 0.227 e. The number of imidazole rings is 1. The number of hydrogen-bond acceptors (Lipinski definition) is 0. The molecule has 0 unspecified atom stereocenters. The zero-order chi connectivity index (χ0) is 17.2. The van der Waals surface area contributed by atoms with Crippen molar-refractivity contribution in [2.75, 3.05) is 0 Å². The van der Waals surface area contributed by atoms with Gasteiger partial charge in [-0.2, -0.15) is 4.57 Å². The van der Waals surface area contributed by atoms with Crippen molar-refractivity contribution < 1.29 is 4.57 Å². The minimum Gasteiger partial charge on any atom is -0.227 e. The number of aromatic nitrogens is 2. The normalized spacial score (nSPS) is 11.1. The molecule has 0 aliphatic rings. The summed E-state index contributed by atoms with van der Waals surface area (Å²) in [6.07, 6.45) is 1.04. The van der Waals surface area contributed by atoms with Crippen LogP contribution >= 0.6 is 0 Å². The van der Waals surface area contributed by atoms with Crippen molar-refractivity contribution in [3.8, 4) is 5.69 Å². The van der Waals surface area contributed by atoms with Crippen LogP contribution in [0.5, 0.6) is 0 Å². The Bertz CT molecular complexity index is 1010. The molecule has 0 spiro atoms. The van der Waals surface area contributed by atoms with Crippen LogP contribution in [0.4, 0.5) is 0 Å². The Morgan fingerprint density at radius 3 is 2.24 bits per heavy atom. The highest BCUT2D eigenvalue weighted by molar-refractivity contribution is 5.74.